The Morgan fingerprint density at radius 2 is 1.89 bits per heavy atom. The zero-order chi connectivity index (χ0) is 6.41. The fraction of sp³-hybridized carbons (Fsp3) is 0.875. The van der Waals surface area contributed by atoms with Gasteiger partial charge in [-0.2, -0.15) is 12.3 Å². The minimum absolute atomic E-state index is 0. The molecule has 1 atom stereocenters. The van der Waals surface area contributed by atoms with Crippen LogP contribution < -0.4 is 18.9 Å². The summed E-state index contributed by atoms with van der Waals surface area (Å²) in [6.45, 7) is 6.73. The van der Waals surface area contributed by atoms with Crippen molar-refractivity contribution in [2.75, 3.05) is 0 Å². The molecule has 0 spiro atoms. The van der Waals surface area contributed by atoms with E-state index >= 15 is 0 Å². The molecule has 0 nitrogen and oxygen atoms in total. The first-order chi connectivity index (χ1) is 3.81. The Balaban J connectivity index is 0. The topological polar surface area (TPSA) is 0 Å². The molecule has 0 aromatic rings. The van der Waals surface area contributed by atoms with Crippen LogP contribution in [0.25, 0.3) is 0 Å². The Bertz CT molecular complexity index is 43.8. The molecule has 0 aliphatic heterocycles. The van der Waals surface area contributed by atoms with Crippen LogP contribution in [0.3, 0.4) is 0 Å². The van der Waals surface area contributed by atoms with Gasteiger partial charge in [-0.3, -0.25) is 0 Å². The third-order valence-electron chi connectivity index (χ3n) is 1.50. The molecule has 0 N–H and O–H groups in total. The molecule has 1 heteroatoms. The van der Waals surface area contributed by atoms with E-state index in [0.29, 0.717) is 0 Å². The first-order valence-electron chi connectivity index (χ1n) is 3.64. The molecular formula is C8H17Li. The largest absolute Gasteiger partial charge is 1.00 e. The summed E-state index contributed by atoms with van der Waals surface area (Å²) in [4.78, 5) is 0. The summed E-state index contributed by atoms with van der Waals surface area (Å²) in [7, 11) is 0. The molecule has 50 valence electrons. The molecule has 0 aliphatic rings. The smallest absolute Gasteiger partial charge is 0.326 e. The van der Waals surface area contributed by atoms with Gasteiger partial charge in [0.1, 0.15) is 0 Å². The minimum Gasteiger partial charge on any atom is -0.326 e. The van der Waals surface area contributed by atoms with Crippen molar-refractivity contribution in [3.8, 4) is 0 Å². The monoisotopic (exact) mass is 120 g/mol. The van der Waals surface area contributed by atoms with Crippen molar-refractivity contribution in [1.82, 2.24) is 0 Å². The van der Waals surface area contributed by atoms with E-state index in [4.69, 9.17) is 0 Å². The normalized spacial score (nSPS) is 12.3. The van der Waals surface area contributed by atoms with E-state index in [2.05, 4.69) is 27.2 Å². The zero-order valence-electron chi connectivity index (χ0n) is 7.28. The van der Waals surface area contributed by atoms with Crippen LogP contribution in [0.1, 0.15) is 40.0 Å². The summed E-state index contributed by atoms with van der Waals surface area (Å²) in [5.74, 6) is 0.829. The Morgan fingerprint density at radius 1 is 1.33 bits per heavy atom. The molecule has 0 radical (unpaired) electrons. The van der Waals surface area contributed by atoms with Crippen molar-refractivity contribution in [3.05, 3.63) is 6.42 Å². The summed E-state index contributed by atoms with van der Waals surface area (Å²) >= 11 is 0. The van der Waals surface area contributed by atoms with Gasteiger partial charge in [0.15, 0.2) is 0 Å². The summed E-state index contributed by atoms with van der Waals surface area (Å²) < 4.78 is 0. The second-order valence-electron chi connectivity index (χ2n) is 2.41. The van der Waals surface area contributed by atoms with Crippen LogP contribution in [0.2, 0.25) is 0 Å². The molecule has 0 saturated carbocycles. The summed E-state index contributed by atoms with van der Waals surface area (Å²) in [5.41, 5.74) is 0. The van der Waals surface area contributed by atoms with Gasteiger partial charge in [-0.25, -0.2) is 0 Å². The van der Waals surface area contributed by atoms with E-state index in [1.165, 1.54) is 19.3 Å². The van der Waals surface area contributed by atoms with Gasteiger partial charge in [-0.1, -0.05) is 33.6 Å². The molecule has 0 aliphatic carbocycles. The molecule has 0 saturated heterocycles. The van der Waals surface area contributed by atoms with Crippen LogP contribution in [0, 0.1) is 12.3 Å². The molecule has 0 fully saturated rings. The van der Waals surface area contributed by atoms with E-state index in [0.717, 1.165) is 5.92 Å². The molecule has 0 aromatic heterocycles. The molecule has 0 amide bonds. The average Bonchev–Trinajstić information content (AvgIpc) is 1.83. The van der Waals surface area contributed by atoms with Crippen molar-refractivity contribution < 1.29 is 18.9 Å². The Hall–Kier alpha value is 0.597. The maximum atomic E-state index is 2.40. The van der Waals surface area contributed by atoms with Crippen LogP contribution in [0.5, 0.6) is 0 Å². The predicted octanol–water partition coefficient (Wildman–Crippen LogP) is 0.0409. The van der Waals surface area contributed by atoms with Crippen molar-refractivity contribution in [2.24, 2.45) is 5.92 Å². The number of hydrogen-bond donors (Lipinski definition) is 0. The van der Waals surface area contributed by atoms with Crippen LogP contribution in [0.15, 0.2) is 0 Å². The van der Waals surface area contributed by atoms with Crippen molar-refractivity contribution in [3.63, 3.8) is 0 Å². The van der Waals surface area contributed by atoms with E-state index < -0.39 is 0 Å². The number of unbranched alkanes of at least 4 members (excludes halogenated alkanes) is 1. The van der Waals surface area contributed by atoms with Crippen molar-refractivity contribution in [2.45, 2.75) is 40.0 Å². The molecular weight excluding hydrogens is 103 g/mol. The predicted molar refractivity (Wildman–Crippen MR) is 38.7 cm³/mol. The molecule has 0 bridgehead atoms. The van der Waals surface area contributed by atoms with Crippen LogP contribution >= 0.6 is 0 Å². The Morgan fingerprint density at radius 3 is 2.22 bits per heavy atom. The standard InChI is InChI=1S/C8H17.Li/c1-4-6-7-8(3)5-2;/h7-8H,4-6H2,1-3H3;/q-1;+1. The van der Waals surface area contributed by atoms with E-state index in [1.54, 1.807) is 0 Å². The Kier molecular flexibility index (Phi) is 11.7. The second-order valence-corrected chi connectivity index (χ2v) is 2.41. The maximum absolute atomic E-state index is 2.40. The van der Waals surface area contributed by atoms with E-state index in [-0.39, 0.29) is 18.9 Å². The van der Waals surface area contributed by atoms with Crippen LogP contribution in [-0.2, 0) is 0 Å². The van der Waals surface area contributed by atoms with Gasteiger partial charge in [0.2, 0.25) is 0 Å². The SMILES string of the molecule is CCC[CH-]C(C)CC.[Li+]. The minimum atomic E-state index is 0. The van der Waals surface area contributed by atoms with E-state index in [9.17, 15) is 0 Å². The average molecular weight is 120 g/mol. The fourth-order valence-electron chi connectivity index (χ4n) is 0.618. The number of hydrogen-bond acceptors (Lipinski definition) is 0. The molecule has 1 unspecified atom stereocenters. The van der Waals surface area contributed by atoms with Crippen molar-refractivity contribution >= 4 is 0 Å². The first-order valence-corrected chi connectivity index (χ1v) is 3.64. The summed E-state index contributed by atoms with van der Waals surface area (Å²) in [6, 6.07) is 0. The summed E-state index contributed by atoms with van der Waals surface area (Å²) in [6.07, 6.45) is 6.28. The quantitative estimate of drug-likeness (QED) is 0.363. The second kappa shape index (κ2) is 8.60. The van der Waals surface area contributed by atoms with Gasteiger partial charge >= 0.3 is 18.9 Å². The molecule has 0 rings (SSSR count). The van der Waals surface area contributed by atoms with Gasteiger partial charge in [-0.15, -0.1) is 0 Å². The molecule has 0 heterocycles. The number of rotatable bonds is 4. The van der Waals surface area contributed by atoms with Crippen LogP contribution in [-0.4, -0.2) is 0 Å². The van der Waals surface area contributed by atoms with Gasteiger partial charge in [0.25, 0.3) is 0 Å². The fourth-order valence-corrected chi connectivity index (χ4v) is 0.618. The zero-order valence-corrected chi connectivity index (χ0v) is 7.28. The molecule has 9 heavy (non-hydrogen) atoms. The Labute approximate surface area is 71.6 Å². The van der Waals surface area contributed by atoms with Crippen LogP contribution in [0.4, 0.5) is 0 Å². The van der Waals surface area contributed by atoms with Gasteiger partial charge in [0.05, 0.1) is 0 Å². The third kappa shape index (κ3) is 8.60. The van der Waals surface area contributed by atoms with Gasteiger partial charge in [0, 0.05) is 0 Å². The van der Waals surface area contributed by atoms with E-state index in [1.807, 2.05) is 0 Å². The summed E-state index contributed by atoms with van der Waals surface area (Å²) in [5, 5.41) is 0. The van der Waals surface area contributed by atoms with Crippen molar-refractivity contribution in [1.29, 1.82) is 0 Å². The molecule has 0 aromatic carbocycles. The first kappa shape index (κ1) is 12.3. The third-order valence-corrected chi connectivity index (χ3v) is 1.50. The van der Waals surface area contributed by atoms with Gasteiger partial charge in [-0.05, 0) is 0 Å². The van der Waals surface area contributed by atoms with Gasteiger partial charge < -0.3 is 6.42 Å². The maximum Gasteiger partial charge on any atom is 1.00 e.